The van der Waals surface area contributed by atoms with E-state index in [9.17, 15) is 44.4 Å². The minimum atomic E-state index is -3.81. The Bertz CT molecular complexity index is 5580. The van der Waals surface area contributed by atoms with Crippen LogP contribution >= 0.6 is 0 Å². The quantitative estimate of drug-likeness (QED) is 0.0269. The van der Waals surface area contributed by atoms with Crippen molar-refractivity contribution in [1.82, 2.24) is 71.3 Å². The van der Waals surface area contributed by atoms with Crippen LogP contribution in [0.15, 0.2) is 198 Å². The van der Waals surface area contributed by atoms with Gasteiger partial charge in [0.15, 0.2) is 16.9 Å². The number of nitrogens with zero attached hydrogens (tertiary/aromatic N) is 14. The van der Waals surface area contributed by atoms with Crippen molar-refractivity contribution in [1.29, 1.82) is 0 Å². The molecule has 28 nitrogen and oxygen atoms in total. The maximum Gasteiger partial charge on any atom is 1.00 e. The first-order valence-electron chi connectivity index (χ1n) is 41.9. The van der Waals surface area contributed by atoms with Crippen LogP contribution in [0.4, 0.5) is 0 Å². The molecular weight excluding hydrogens is 1630 g/mol. The van der Waals surface area contributed by atoms with Crippen LogP contribution in [0.1, 0.15) is 193 Å². The zero-order valence-corrected chi connectivity index (χ0v) is 77.4. The van der Waals surface area contributed by atoms with Gasteiger partial charge in [-0.3, -0.25) is 23.6 Å². The van der Waals surface area contributed by atoms with Crippen LogP contribution in [0.3, 0.4) is 0 Å². The zero-order valence-electron chi connectivity index (χ0n) is 72.9. The van der Waals surface area contributed by atoms with Crippen LogP contribution in [0.25, 0.3) is 66.5 Å². The number of fused-ring (bicyclic) bond motifs is 3. The van der Waals surface area contributed by atoms with Gasteiger partial charge in [-0.05, 0) is 212 Å². The summed E-state index contributed by atoms with van der Waals surface area (Å²) in [5.74, 6) is -0.305. The fourth-order valence-electron chi connectivity index (χ4n) is 16.1. The Morgan fingerprint density at radius 2 is 0.740 bits per heavy atom. The minimum absolute atomic E-state index is 0. The van der Waals surface area contributed by atoms with Gasteiger partial charge in [0, 0.05) is 172 Å². The number of benzene rings is 3. The van der Waals surface area contributed by atoms with E-state index in [4.69, 9.17) is 9.97 Å². The molecule has 12 aromatic rings. The third kappa shape index (κ3) is 24.9. The molecule has 3 aliphatic carbocycles. The van der Waals surface area contributed by atoms with Gasteiger partial charge in [0.05, 0.1) is 33.3 Å². The Kier molecular flexibility index (Phi) is 36.1. The first-order chi connectivity index (χ1) is 58.6. The smallest absolute Gasteiger partial charge is 0.793 e. The summed E-state index contributed by atoms with van der Waals surface area (Å²) in [6, 6.07) is 33.1. The molecular formula is C90H114BN15NaO13S3. The third-order valence-corrected chi connectivity index (χ3v) is 27.2. The Morgan fingerprint density at radius 3 is 0.976 bits per heavy atom. The van der Waals surface area contributed by atoms with Crippen LogP contribution < -0.4 is 34.9 Å². The van der Waals surface area contributed by atoms with Crippen molar-refractivity contribution in [3.63, 3.8) is 0 Å². The average molecular weight is 1740 g/mol. The number of rotatable bonds is 23. The predicted octanol–water partition coefficient (Wildman–Crippen LogP) is 12.4. The molecule has 0 bridgehead atoms. The van der Waals surface area contributed by atoms with Crippen LogP contribution in [0.2, 0.25) is 0 Å². The van der Waals surface area contributed by atoms with Crippen LogP contribution in [-0.4, -0.2) is 174 Å². The fraction of sp³-hybridized carbons (Fsp3) is 0.422. The van der Waals surface area contributed by atoms with Crippen LogP contribution in [0, 0.1) is 0 Å². The van der Waals surface area contributed by atoms with Gasteiger partial charge in [0.25, 0.3) is 30.1 Å². The topological polar surface area (TPSA) is 324 Å². The Morgan fingerprint density at radius 1 is 0.439 bits per heavy atom. The molecule has 0 unspecified atom stereocenters. The van der Waals surface area contributed by atoms with Crippen LogP contribution in [0.5, 0.6) is 0 Å². The summed E-state index contributed by atoms with van der Waals surface area (Å²) < 4.78 is 93.7. The summed E-state index contributed by atoms with van der Waals surface area (Å²) in [6.45, 7) is 23.6. The van der Waals surface area contributed by atoms with Crippen molar-refractivity contribution < 1.29 is 88.4 Å². The summed E-state index contributed by atoms with van der Waals surface area (Å²) in [5.41, 5.74) is 9.75. The number of pyridine rings is 3. The summed E-state index contributed by atoms with van der Waals surface area (Å²) >= 11 is 0. The second-order valence-electron chi connectivity index (χ2n) is 30.8. The number of hydrogen-bond donors (Lipinski definition) is 1. The maximum atomic E-state index is 13.6. The second-order valence-corrected chi connectivity index (χ2v) is 36.2. The molecule has 33 heteroatoms. The van der Waals surface area contributed by atoms with E-state index in [0.717, 1.165) is 147 Å². The molecule has 0 amide bonds. The average Bonchev–Trinajstić information content (AvgIpc) is 1.61. The van der Waals surface area contributed by atoms with Crippen molar-refractivity contribution >= 4 is 94.9 Å². The Labute approximate surface area is 746 Å². The van der Waals surface area contributed by atoms with E-state index < -0.39 is 48.0 Å². The molecule has 0 aliphatic heterocycles. The third-order valence-electron chi connectivity index (χ3n) is 22.2. The second kappa shape index (κ2) is 45.7. The zero-order chi connectivity index (χ0) is 87.8. The van der Waals surface area contributed by atoms with E-state index in [-0.39, 0.29) is 50.2 Å². The number of Topliss-reactive ketones (excluding diaryl/α,β-unsaturated/α-hetero) is 1. The van der Waals surface area contributed by atoms with Gasteiger partial charge in [-0.15, -0.1) is 0 Å². The number of hydrogen-bond acceptors (Lipinski definition) is 22. The number of aryl methyl sites for hydroxylation is 3. The number of aromatic nitrogens is 12. The van der Waals surface area contributed by atoms with Gasteiger partial charge >= 0.3 is 41.5 Å². The van der Waals surface area contributed by atoms with E-state index in [1.807, 2.05) is 70.3 Å². The van der Waals surface area contributed by atoms with Crippen molar-refractivity contribution in [2.24, 2.45) is 21.1 Å². The minimum Gasteiger partial charge on any atom is -0.793 e. The fourth-order valence-corrected chi connectivity index (χ4v) is 20.1. The van der Waals surface area contributed by atoms with Crippen molar-refractivity contribution in [3.8, 4) is 33.4 Å². The maximum absolute atomic E-state index is 13.6. The van der Waals surface area contributed by atoms with Gasteiger partial charge in [0.2, 0.25) is 5.97 Å². The largest absolute Gasteiger partial charge is 1.00 e. The molecule has 0 spiro atoms. The number of nitrogens with one attached hydrogen (secondary N) is 1. The molecule has 3 aliphatic rings. The number of carbonyl (C=O) groups excluding carboxylic acids is 4. The van der Waals surface area contributed by atoms with Crippen molar-refractivity contribution in [2.45, 2.75) is 203 Å². The van der Waals surface area contributed by atoms with Gasteiger partial charge in [-0.1, -0.05) is 96.1 Å². The Balaban J connectivity index is 0.000000188. The van der Waals surface area contributed by atoms with Gasteiger partial charge in [-0.25, -0.2) is 71.5 Å². The molecule has 9 heterocycles. The first-order valence-corrected chi connectivity index (χ1v) is 46.3. The van der Waals surface area contributed by atoms with Gasteiger partial charge in [-0.2, -0.15) is 15.3 Å². The molecule has 3 saturated carbocycles. The molecule has 3 aromatic carbocycles. The molecule has 123 heavy (non-hydrogen) atoms. The van der Waals surface area contributed by atoms with E-state index in [1.165, 1.54) is 74.9 Å². The standard InChI is InChI=1S/2C28H35N5O2S.C23H22N4O3S.C5H13N.C4H6O4.C2H3BO2.Na/c2*1-4-15-32(5-2)24-13-11-21(12-14-24)22-16-26-27(23-18-30-31(3)19-23)20-33(28(26)29-17-22)36(34,35)25-9-7-6-8-10-25;1-26-14-18(13-25-26)22-15-27(31(29,30)20-5-3-2-4-6-20)23-21(22)11-17(12-24-23)16-7-9-19(28)10-8-16;1-3-5-6-4-2;1-3(5)7-8-4(2)6;1-2(4)5-3;/h2*6-10,16-21,24H,4-5,11-15H2,1-3H3;2-6,11-16H,7-10H2,1H3;6H,3-5H2,1-2H3;1-2H3;1H3;/q;;;;;-1;+1. The molecule has 0 atom stereocenters. The molecule has 3 fully saturated rings. The Hall–Kier alpha value is -9.77. The number of carbonyl (C=O) groups is 4. The first kappa shape index (κ1) is 97.0. The summed E-state index contributed by atoms with van der Waals surface area (Å²) in [6.07, 6.45) is 37.2. The van der Waals surface area contributed by atoms with E-state index in [2.05, 4.69) is 112 Å². The van der Waals surface area contributed by atoms with Gasteiger partial charge in [0.1, 0.15) is 5.78 Å². The monoisotopic (exact) mass is 1740 g/mol. The molecule has 15 rings (SSSR count). The summed E-state index contributed by atoms with van der Waals surface area (Å²) in [5, 5.41) is 18.6. The van der Waals surface area contributed by atoms with E-state index >= 15 is 0 Å². The molecule has 9 aromatic heterocycles. The molecule has 3 radical (unpaired) electrons. The van der Waals surface area contributed by atoms with Gasteiger partial charge < -0.3 is 27.8 Å². The molecule has 1 N–H and O–H groups in total. The van der Waals surface area contributed by atoms with Crippen molar-refractivity contribution in [2.75, 3.05) is 39.3 Å². The van der Waals surface area contributed by atoms with E-state index in [0.29, 0.717) is 59.5 Å². The SMILES string of the molecule is CC(=O)OOC(C)=O.CCCN(CC)C1CCC(c2cnc3c(c2)c(-c2cnn(C)c2)cn3S(=O)(=O)c2ccccc2)CC1.CCCN(CC)C1CCC(c2cnc3c(c2)c(-c2cnn(C)c2)cn3S(=O)(=O)c2ccccc2)CC1.CCCNCC.Cn1cc(-c2cn(S(=O)(=O)c3ccccc3)c3ncc(C4CCC(=O)CC4)cc23)cn1.[B-]OC(C)=O.[Na+]. The van der Waals surface area contributed by atoms with E-state index in [1.54, 1.807) is 136 Å². The van der Waals surface area contributed by atoms with Crippen LogP contribution in [-0.2, 0) is 84.8 Å². The summed E-state index contributed by atoms with van der Waals surface area (Å²) in [4.78, 5) is 68.5. The molecule has 0 saturated heterocycles. The predicted molar refractivity (Wildman–Crippen MR) is 474 cm³/mol. The molecule has 649 valence electrons. The normalized spacial score (nSPS) is 16.1. The summed E-state index contributed by atoms with van der Waals surface area (Å²) in [7, 11) is -1.51. The van der Waals surface area contributed by atoms with Crippen molar-refractivity contribution in [3.05, 3.63) is 200 Å². The number of ketones is 1.